The van der Waals surface area contributed by atoms with E-state index in [2.05, 4.69) is 53.7 Å². The van der Waals surface area contributed by atoms with E-state index in [-0.39, 0.29) is 99.3 Å². The summed E-state index contributed by atoms with van der Waals surface area (Å²) in [5.74, 6) is 7.65. The average Bonchev–Trinajstić information content (AvgIpc) is 4.25. The number of carbonyl (C=O) groups is 1. The zero-order valence-electron chi connectivity index (χ0n) is 49.7. The lowest BCUT2D eigenvalue weighted by atomic mass is 9.43. The fraction of sp³-hybridized carbons (Fsp3) is 0.954. The number of carbonyl (C=O) groups excluding carboxylic acids is 1. The molecule has 12 saturated carbocycles. The van der Waals surface area contributed by atoms with Crippen LogP contribution < -0.4 is 0 Å². The maximum Gasteiger partial charge on any atom is 0.139 e. The summed E-state index contributed by atoms with van der Waals surface area (Å²) < 4.78 is 35.3. The molecule has 0 heterocycles. The largest absolute Gasteiger partial charge is 0.390 e. The van der Waals surface area contributed by atoms with E-state index in [0.29, 0.717) is 76.8 Å². The molecule has 12 fully saturated rings. The van der Waals surface area contributed by atoms with Gasteiger partial charge in [0.05, 0.1) is 78.9 Å². The van der Waals surface area contributed by atoms with Crippen molar-refractivity contribution in [1.82, 2.24) is 0 Å². The maximum atomic E-state index is 12.7. The summed E-state index contributed by atoms with van der Waals surface area (Å²) in [6.45, 7) is 14.2. The number of ketones is 1. The van der Waals surface area contributed by atoms with E-state index in [0.717, 1.165) is 83.5 Å². The molecule has 12 rings (SSSR count). The van der Waals surface area contributed by atoms with Crippen LogP contribution in [0, 0.1) is 138 Å². The van der Waals surface area contributed by atoms with E-state index in [1.807, 2.05) is 21.3 Å². The fourth-order valence-electron chi connectivity index (χ4n) is 23.6. The number of Topliss-reactive ketones (excluding diaryl/α,β-unsaturated/α-hetero) is 1. The van der Waals surface area contributed by atoms with Gasteiger partial charge in [-0.3, -0.25) is 4.79 Å². The van der Waals surface area contributed by atoms with Crippen molar-refractivity contribution >= 4 is 5.78 Å². The number of nitrogens with zero attached hydrogens (tertiary/aromatic N) is 2. The summed E-state index contributed by atoms with van der Waals surface area (Å²) in [7, 11) is 10.7. The summed E-state index contributed by atoms with van der Waals surface area (Å²) in [4.78, 5) is 12.7. The van der Waals surface area contributed by atoms with Gasteiger partial charge >= 0.3 is 0 Å². The maximum absolute atomic E-state index is 12.7. The zero-order valence-corrected chi connectivity index (χ0v) is 49.7. The van der Waals surface area contributed by atoms with Gasteiger partial charge in [-0.1, -0.05) is 41.5 Å². The van der Waals surface area contributed by atoms with Crippen LogP contribution in [0.1, 0.15) is 176 Å². The number of hydrogen-bond donors (Lipinski definition) is 3. The van der Waals surface area contributed by atoms with Gasteiger partial charge in [0.1, 0.15) is 5.78 Å². The predicted octanol–water partition coefficient (Wildman–Crippen LogP) is 10.8. The van der Waals surface area contributed by atoms with Crippen molar-refractivity contribution in [1.29, 1.82) is 10.5 Å². The van der Waals surface area contributed by atoms with Crippen molar-refractivity contribution in [3.8, 4) is 12.1 Å². The Morgan fingerprint density at radius 1 is 0.403 bits per heavy atom. The molecule has 0 amide bonds. The average molecular weight is 1070 g/mol. The first-order valence-corrected chi connectivity index (χ1v) is 31.2. The van der Waals surface area contributed by atoms with Crippen molar-refractivity contribution in [2.75, 3.05) is 42.7 Å². The highest BCUT2D eigenvalue weighted by molar-refractivity contribution is 5.87. The standard InChI is InChI=1S/2C22H35NO3.C21H34O4/c2*1-21-11-19(26-4)20-15(16(21)8-6-14(21)12-23)7-5-13-9-17(24)18(25-3)10-22(13,20)2;1-20-10-16(24-3)15(22)9-12(20)5-6-13-14-7-8-18(23)21(14,2)11-17(25-4)19(13)20/h2*13-20,24H,5-11H2,1-4H3;12-17,19,22H,5-11H2,1-4H3/t13-,14+,15-,16-,17-,18-,19-,20+,21+,22-;13-,14-,15-,16-,17-,18-,19-,20+,21+,22-;12-,13-,14-,15-,16-,17-,19+,20-,21-/m000/s1. The number of aliphatic hydroxyl groups excluding tert-OH is 3. The first-order chi connectivity index (χ1) is 36.6. The SMILES string of the molecule is CO[C@H]1C[C@]2(C)C(=O)CC[C@H]2[C@@H]2CC[C@H]3C[C@H](O)[C@@H](OC)C[C@]3(C)[C@H]21.CO[C@H]1C[C@]2(C)[C@@H](C#N)CC[C@H]2[C@@H]2CC[C@H]3C[C@H](O)[C@@H](OC)C[C@]3(C)[C@H]21.CO[C@H]1C[C@]2(C)[C@H](C#N)CC[C@H]2[C@@H]2CC[C@H]3C[C@H](O)[C@@H](OC)C[C@]3(C)[C@H]21. The molecule has 0 bridgehead atoms. The Balaban J connectivity index is 0.000000131. The molecule has 0 aromatic carbocycles. The normalized spacial score (nSPS) is 55.9. The summed E-state index contributed by atoms with van der Waals surface area (Å²) in [6.07, 6.45) is 21.1. The van der Waals surface area contributed by atoms with Gasteiger partial charge in [-0.2, -0.15) is 10.5 Å². The van der Waals surface area contributed by atoms with Gasteiger partial charge in [0.25, 0.3) is 0 Å². The Morgan fingerprint density at radius 2 is 0.714 bits per heavy atom. The minimum Gasteiger partial charge on any atom is -0.390 e. The zero-order chi connectivity index (χ0) is 55.4. The molecule has 0 aromatic rings. The molecule has 12 aliphatic carbocycles. The lowest BCUT2D eigenvalue weighted by Gasteiger charge is -2.63. The van der Waals surface area contributed by atoms with Crippen LogP contribution in [0.25, 0.3) is 0 Å². The highest BCUT2D eigenvalue weighted by Gasteiger charge is 2.68. The van der Waals surface area contributed by atoms with E-state index in [1.54, 1.807) is 21.3 Å². The highest BCUT2D eigenvalue weighted by atomic mass is 16.5. The van der Waals surface area contributed by atoms with Crippen molar-refractivity contribution in [3.63, 3.8) is 0 Å². The minimum atomic E-state index is -0.345. The lowest BCUT2D eigenvalue weighted by Crippen LogP contribution is -2.61. The first-order valence-electron chi connectivity index (χ1n) is 31.2. The van der Waals surface area contributed by atoms with Gasteiger partial charge in [-0.05, 0) is 227 Å². The Bertz CT molecular complexity index is 2100. The molecule has 0 spiro atoms. The predicted molar refractivity (Wildman–Crippen MR) is 293 cm³/mol. The molecular formula is C65H104N2O10. The number of rotatable bonds is 6. The topological polar surface area (TPSA) is 181 Å². The molecule has 434 valence electrons. The summed E-state index contributed by atoms with van der Waals surface area (Å²) in [5, 5.41) is 50.9. The molecule has 0 aliphatic heterocycles. The van der Waals surface area contributed by atoms with Gasteiger partial charge in [0.15, 0.2) is 0 Å². The van der Waals surface area contributed by atoms with E-state index in [9.17, 15) is 30.6 Å². The van der Waals surface area contributed by atoms with Crippen LogP contribution in [0.3, 0.4) is 0 Å². The van der Waals surface area contributed by atoms with Gasteiger partial charge in [-0.25, -0.2) is 0 Å². The summed E-state index contributed by atoms with van der Waals surface area (Å²) >= 11 is 0. The Kier molecular flexibility index (Phi) is 16.6. The quantitative estimate of drug-likeness (QED) is 0.229. The first kappa shape index (κ1) is 58.5. The van der Waals surface area contributed by atoms with Gasteiger partial charge in [0, 0.05) is 54.5 Å². The molecule has 0 unspecified atom stereocenters. The lowest BCUT2D eigenvalue weighted by molar-refractivity contribution is -0.204. The van der Waals surface area contributed by atoms with Crippen LogP contribution in [0.2, 0.25) is 0 Å². The molecule has 0 saturated heterocycles. The molecule has 0 radical (unpaired) electrons. The number of methoxy groups -OCH3 is 6. The third kappa shape index (κ3) is 9.12. The number of nitriles is 2. The second-order valence-electron chi connectivity index (χ2n) is 29.9. The van der Waals surface area contributed by atoms with Crippen LogP contribution >= 0.6 is 0 Å². The molecule has 12 nitrogen and oxygen atoms in total. The van der Waals surface area contributed by atoms with Crippen LogP contribution in [0.4, 0.5) is 0 Å². The number of fused-ring (bicyclic) bond motifs is 15. The second kappa shape index (κ2) is 21.8. The molecule has 12 heteroatoms. The fourth-order valence-corrected chi connectivity index (χ4v) is 23.6. The van der Waals surface area contributed by atoms with Gasteiger partial charge < -0.3 is 43.7 Å². The van der Waals surface area contributed by atoms with E-state index in [4.69, 9.17) is 28.4 Å². The van der Waals surface area contributed by atoms with Crippen molar-refractivity contribution in [3.05, 3.63) is 0 Å². The summed E-state index contributed by atoms with van der Waals surface area (Å²) in [5.41, 5.74) is 0.491. The Labute approximate surface area is 464 Å². The second-order valence-corrected chi connectivity index (χ2v) is 29.9. The Hall–Kier alpha value is -1.71. The van der Waals surface area contributed by atoms with E-state index in [1.165, 1.54) is 51.4 Å². The molecular weight excluding hydrogens is 969 g/mol. The third-order valence-corrected chi connectivity index (χ3v) is 27.5. The molecule has 3 N–H and O–H groups in total. The molecule has 77 heavy (non-hydrogen) atoms. The van der Waals surface area contributed by atoms with Crippen molar-refractivity contribution in [2.45, 2.75) is 231 Å². The van der Waals surface area contributed by atoms with Crippen LogP contribution in [0.15, 0.2) is 0 Å². The minimum absolute atomic E-state index is 0.0590. The van der Waals surface area contributed by atoms with Gasteiger partial charge in [0.2, 0.25) is 0 Å². The van der Waals surface area contributed by atoms with Crippen molar-refractivity contribution in [2.24, 2.45) is 115 Å². The van der Waals surface area contributed by atoms with Gasteiger partial charge in [-0.15, -0.1) is 0 Å². The smallest absolute Gasteiger partial charge is 0.139 e. The monoisotopic (exact) mass is 1070 g/mol. The van der Waals surface area contributed by atoms with Crippen molar-refractivity contribution < 1.29 is 48.5 Å². The summed E-state index contributed by atoms with van der Waals surface area (Å²) in [6, 6.07) is 5.25. The molecule has 0 aromatic heterocycles. The van der Waals surface area contributed by atoms with E-state index >= 15 is 0 Å². The van der Waals surface area contributed by atoms with Crippen LogP contribution in [-0.4, -0.2) is 119 Å². The Morgan fingerprint density at radius 3 is 1.04 bits per heavy atom. The molecule has 29 atom stereocenters. The highest BCUT2D eigenvalue weighted by Crippen LogP contribution is 2.71. The third-order valence-electron chi connectivity index (χ3n) is 27.5. The number of aliphatic hydroxyl groups is 3. The van der Waals surface area contributed by atoms with E-state index < -0.39 is 0 Å². The number of hydrogen-bond acceptors (Lipinski definition) is 12. The van der Waals surface area contributed by atoms with Crippen LogP contribution in [0.5, 0.6) is 0 Å². The van der Waals surface area contributed by atoms with Crippen LogP contribution in [-0.2, 0) is 33.2 Å². The molecule has 12 aliphatic rings. The number of ether oxygens (including phenoxy) is 6.